The highest BCUT2D eigenvalue weighted by molar-refractivity contribution is 7.10. The lowest BCUT2D eigenvalue weighted by molar-refractivity contribution is -0.160. The minimum atomic E-state index is -0.694. The van der Waals surface area contributed by atoms with Gasteiger partial charge in [-0.2, -0.15) is 0 Å². The molecule has 0 aromatic carbocycles. The molecule has 114 valence electrons. The maximum atomic E-state index is 12.1. The van der Waals surface area contributed by atoms with Gasteiger partial charge in [0.2, 0.25) is 0 Å². The summed E-state index contributed by atoms with van der Waals surface area (Å²) in [6, 6.07) is 2.04. The first-order chi connectivity index (χ1) is 10.1. The van der Waals surface area contributed by atoms with Crippen LogP contribution < -0.4 is 0 Å². The van der Waals surface area contributed by atoms with Crippen molar-refractivity contribution in [1.29, 1.82) is 0 Å². The van der Waals surface area contributed by atoms with E-state index in [4.69, 9.17) is 9.47 Å². The molecular formula is C15H19NO4S. The van der Waals surface area contributed by atoms with Crippen molar-refractivity contribution in [1.82, 2.24) is 4.90 Å². The molecule has 1 aromatic rings. The van der Waals surface area contributed by atoms with Gasteiger partial charge in [-0.25, -0.2) is 4.79 Å². The maximum absolute atomic E-state index is 12.1. The fourth-order valence-electron chi connectivity index (χ4n) is 2.08. The molecule has 1 aromatic heterocycles. The Morgan fingerprint density at radius 3 is 3.14 bits per heavy atom. The Kier molecular flexibility index (Phi) is 5.52. The molecular weight excluding hydrogens is 290 g/mol. The van der Waals surface area contributed by atoms with Gasteiger partial charge in [0.05, 0.1) is 6.61 Å². The van der Waals surface area contributed by atoms with Crippen LogP contribution in [0, 0.1) is 0 Å². The van der Waals surface area contributed by atoms with E-state index in [2.05, 4.69) is 6.58 Å². The molecule has 0 saturated heterocycles. The van der Waals surface area contributed by atoms with Crippen LogP contribution in [0.4, 0.5) is 0 Å². The highest BCUT2D eigenvalue weighted by atomic mass is 32.1. The predicted octanol–water partition coefficient (Wildman–Crippen LogP) is 1.77. The second kappa shape index (κ2) is 7.38. The van der Waals surface area contributed by atoms with E-state index >= 15 is 0 Å². The molecule has 0 saturated carbocycles. The fourth-order valence-corrected chi connectivity index (χ4v) is 2.97. The van der Waals surface area contributed by atoms with Gasteiger partial charge in [0.15, 0.2) is 12.7 Å². The molecule has 5 nitrogen and oxygen atoms in total. The number of hydrogen-bond donors (Lipinski definition) is 0. The van der Waals surface area contributed by atoms with Crippen LogP contribution in [0.3, 0.4) is 0 Å². The average Bonchev–Trinajstić information content (AvgIpc) is 2.97. The third-order valence-electron chi connectivity index (χ3n) is 3.29. The SMILES string of the molecule is C=CCOC(C)C(=O)OCC(=O)N1CCc2sccc2C1. The van der Waals surface area contributed by atoms with Gasteiger partial charge in [-0.05, 0) is 30.4 Å². The van der Waals surface area contributed by atoms with Gasteiger partial charge in [0.1, 0.15) is 0 Å². The van der Waals surface area contributed by atoms with Gasteiger partial charge < -0.3 is 14.4 Å². The average molecular weight is 309 g/mol. The topological polar surface area (TPSA) is 55.8 Å². The van der Waals surface area contributed by atoms with Crippen LogP contribution in [-0.4, -0.2) is 42.6 Å². The molecule has 1 aliphatic heterocycles. The van der Waals surface area contributed by atoms with E-state index in [-0.39, 0.29) is 19.1 Å². The summed E-state index contributed by atoms with van der Waals surface area (Å²) in [5.41, 5.74) is 1.19. The fraction of sp³-hybridized carbons (Fsp3) is 0.467. The number of thiophene rings is 1. The summed E-state index contributed by atoms with van der Waals surface area (Å²) in [6.07, 6.45) is 1.73. The van der Waals surface area contributed by atoms with Crippen molar-refractivity contribution < 1.29 is 19.1 Å². The lowest BCUT2D eigenvalue weighted by atomic mass is 10.1. The number of nitrogens with zero attached hydrogens (tertiary/aromatic N) is 1. The molecule has 2 heterocycles. The first kappa shape index (κ1) is 15.7. The molecule has 6 heteroatoms. The van der Waals surface area contributed by atoms with E-state index in [9.17, 15) is 9.59 Å². The molecule has 0 radical (unpaired) electrons. The molecule has 0 fully saturated rings. The standard InChI is InChI=1S/C15H19NO4S/c1-3-7-19-11(2)15(18)20-10-14(17)16-6-4-13-12(9-16)5-8-21-13/h3,5,8,11H,1,4,6-7,9-10H2,2H3. The molecule has 1 unspecified atom stereocenters. The third kappa shape index (κ3) is 4.15. The Labute approximate surface area is 128 Å². The third-order valence-corrected chi connectivity index (χ3v) is 4.32. The van der Waals surface area contributed by atoms with Gasteiger partial charge in [0.25, 0.3) is 5.91 Å². The summed E-state index contributed by atoms with van der Waals surface area (Å²) in [6.45, 7) is 6.40. The zero-order chi connectivity index (χ0) is 15.2. The number of carbonyl (C=O) groups is 2. The molecule has 0 spiro atoms. The van der Waals surface area contributed by atoms with Crippen LogP contribution in [-0.2, 0) is 32.0 Å². The van der Waals surface area contributed by atoms with Crippen LogP contribution in [0.15, 0.2) is 24.1 Å². The van der Waals surface area contributed by atoms with Gasteiger partial charge in [-0.1, -0.05) is 6.08 Å². The van der Waals surface area contributed by atoms with Crippen molar-refractivity contribution in [2.24, 2.45) is 0 Å². The number of rotatable bonds is 6. The number of ether oxygens (including phenoxy) is 2. The quantitative estimate of drug-likeness (QED) is 0.593. The van der Waals surface area contributed by atoms with Gasteiger partial charge in [-0.3, -0.25) is 4.79 Å². The summed E-state index contributed by atoms with van der Waals surface area (Å²) in [4.78, 5) is 26.8. The highest BCUT2D eigenvalue weighted by Crippen LogP contribution is 2.23. The number of hydrogen-bond acceptors (Lipinski definition) is 5. The molecule has 1 aliphatic rings. The zero-order valence-electron chi connectivity index (χ0n) is 12.0. The Balaban J connectivity index is 1.77. The second-order valence-corrected chi connectivity index (χ2v) is 5.81. The molecule has 1 amide bonds. The first-order valence-electron chi connectivity index (χ1n) is 6.84. The van der Waals surface area contributed by atoms with E-state index in [1.807, 2.05) is 11.4 Å². The Hall–Kier alpha value is -1.66. The van der Waals surface area contributed by atoms with Crippen LogP contribution in [0.5, 0.6) is 0 Å². The number of amides is 1. The lowest BCUT2D eigenvalue weighted by Crippen LogP contribution is -2.39. The van der Waals surface area contributed by atoms with Crippen LogP contribution in [0.2, 0.25) is 0 Å². The van der Waals surface area contributed by atoms with Gasteiger partial charge in [-0.15, -0.1) is 17.9 Å². The summed E-state index contributed by atoms with van der Waals surface area (Å²) < 4.78 is 10.1. The van der Waals surface area contributed by atoms with Gasteiger partial charge in [0, 0.05) is 18.0 Å². The van der Waals surface area contributed by atoms with E-state index in [0.717, 1.165) is 6.42 Å². The lowest BCUT2D eigenvalue weighted by Gasteiger charge is -2.27. The monoisotopic (exact) mass is 309 g/mol. The zero-order valence-corrected chi connectivity index (χ0v) is 12.9. The first-order valence-corrected chi connectivity index (χ1v) is 7.72. The van der Waals surface area contributed by atoms with Crippen molar-refractivity contribution in [2.75, 3.05) is 19.8 Å². The highest BCUT2D eigenvalue weighted by Gasteiger charge is 2.23. The van der Waals surface area contributed by atoms with E-state index in [1.54, 1.807) is 29.2 Å². The molecule has 0 aliphatic carbocycles. The Bertz CT molecular complexity index is 525. The summed E-state index contributed by atoms with van der Waals surface area (Å²) in [5, 5.41) is 2.04. The van der Waals surface area contributed by atoms with Crippen LogP contribution in [0.1, 0.15) is 17.4 Å². The number of esters is 1. The molecule has 0 bridgehead atoms. The smallest absolute Gasteiger partial charge is 0.335 e. The summed E-state index contributed by atoms with van der Waals surface area (Å²) in [7, 11) is 0. The summed E-state index contributed by atoms with van der Waals surface area (Å²) >= 11 is 1.72. The molecule has 0 N–H and O–H groups in total. The van der Waals surface area contributed by atoms with E-state index in [0.29, 0.717) is 13.1 Å². The number of carbonyl (C=O) groups excluding carboxylic acids is 2. The van der Waals surface area contributed by atoms with Crippen molar-refractivity contribution in [3.63, 3.8) is 0 Å². The minimum Gasteiger partial charge on any atom is -0.454 e. The Morgan fingerprint density at radius 1 is 1.57 bits per heavy atom. The summed E-state index contributed by atoms with van der Waals surface area (Å²) in [5.74, 6) is -0.699. The Morgan fingerprint density at radius 2 is 2.38 bits per heavy atom. The largest absolute Gasteiger partial charge is 0.454 e. The number of fused-ring (bicyclic) bond motifs is 1. The van der Waals surface area contributed by atoms with Crippen molar-refractivity contribution >= 4 is 23.2 Å². The van der Waals surface area contributed by atoms with Crippen molar-refractivity contribution in [3.05, 3.63) is 34.5 Å². The van der Waals surface area contributed by atoms with Gasteiger partial charge >= 0.3 is 5.97 Å². The molecule has 2 rings (SSSR count). The van der Waals surface area contributed by atoms with Crippen molar-refractivity contribution in [2.45, 2.75) is 26.0 Å². The maximum Gasteiger partial charge on any atom is 0.335 e. The minimum absolute atomic E-state index is 0.170. The normalized spacial score (nSPS) is 15.2. The second-order valence-electron chi connectivity index (χ2n) is 4.81. The van der Waals surface area contributed by atoms with Crippen LogP contribution >= 0.6 is 11.3 Å². The van der Waals surface area contributed by atoms with Crippen LogP contribution in [0.25, 0.3) is 0 Å². The van der Waals surface area contributed by atoms with E-state index < -0.39 is 12.1 Å². The van der Waals surface area contributed by atoms with Crippen molar-refractivity contribution in [3.8, 4) is 0 Å². The van der Waals surface area contributed by atoms with E-state index in [1.165, 1.54) is 10.4 Å². The predicted molar refractivity (Wildman–Crippen MR) is 80.0 cm³/mol. The molecule has 21 heavy (non-hydrogen) atoms. The molecule has 1 atom stereocenters.